The fraction of sp³-hybridized carbons (Fsp3) is 0.333. The molecule has 0 bridgehead atoms. The molecule has 0 saturated carbocycles. The van der Waals surface area contributed by atoms with E-state index in [0.29, 0.717) is 34.6 Å². The molecule has 2 aromatic carbocycles. The minimum atomic E-state index is -0.831. The smallest absolute Gasteiger partial charge is 0.193 e. The van der Waals surface area contributed by atoms with Gasteiger partial charge in [0.2, 0.25) is 0 Å². The maximum Gasteiger partial charge on any atom is 0.193 e. The molecule has 2 aromatic rings. The van der Waals surface area contributed by atoms with Crippen molar-refractivity contribution >= 4 is 5.78 Å². The van der Waals surface area contributed by atoms with Crippen molar-refractivity contribution in [1.29, 1.82) is 5.26 Å². The van der Waals surface area contributed by atoms with Crippen molar-refractivity contribution in [3.05, 3.63) is 64.1 Å². The quantitative estimate of drug-likeness (QED) is 0.454. The molecule has 0 fully saturated rings. The Balaban J connectivity index is 2.39. The standard InChI is InChI=1S/C21H22N2O5/c1-26-16-7-4-14(5-8-16)21(24)18-10-9-17(27-2)12-19(18)15(13-22)6-11-20(23-25)28-3/h4-5,7-10,12,15,20H,6,11H2,1-3H3. The molecular weight excluding hydrogens is 360 g/mol. The van der Waals surface area contributed by atoms with Crippen molar-refractivity contribution < 1.29 is 19.0 Å². The molecule has 2 unspecified atom stereocenters. The fourth-order valence-electron chi connectivity index (χ4n) is 2.87. The van der Waals surface area contributed by atoms with Gasteiger partial charge >= 0.3 is 0 Å². The van der Waals surface area contributed by atoms with Crippen LogP contribution in [0.3, 0.4) is 0 Å². The minimum Gasteiger partial charge on any atom is -0.497 e. The number of nitrogens with zero attached hydrogens (tertiary/aromatic N) is 2. The number of ether oxygens (including phenoxy) is 3. The summed E-state index contributed by atoms with van der Waals surface area (Å²) >= 11 is 0. The molecule has 0 spiro atoms. The minimum absolute atomic E-state index is 0.211. The second-order valence-electron chi connectivity index (χ2n) is 6.07. The maximum absolute atomic E-state index is 13.1. The number of rotatable bonds is 10. The zero-order valence-electron chi connectivity index (χ0n) is 16.0. The number of hydrogen-bond donors (Lipinski definition) is 0. The molecule has 7 heteroatoms. The molecule has 0 aromatic heterocycles. The van der Waals surface area contributed by atoms with Crippen LogP contribution in [0.4, 0.5) is 0 Å². The Hall–Kier alpha value is -3.24. The van der Waals surface area contributed by atoms with Gasteiger partial charge in [0.15, 0.2) is 12.0 Å². The van der Waals surface area contributed by atoms with Crippen LogP contribution in [0.15, 0.2) is 47.6 Å². The number of hydrogen-bond acceptors (Lipinski definition) is 7. The summed E-state index contributed by atoms with van der Waals surface area (Å²) in [5.74, 6) is 0.357. The fourth-order valence-corrected chi connectivity index (χ4v) is 2.87. The van der Waals surface area contributed by atoms with Gasteiger partial charge in [-0.15, -0.1) is 4.91 Å². The summed E-state index contributed by atoms with van der Waals surface area (Å²) in [6.07, 6.45) is -0.246. The summed E-state index contributed by atoms with van der Waals surface area (Å²) in [5.41, 5.74) is 1.43. The van der Waals surface area contributed by atoms with Crippen LogP contribution in [0.1, 0.15) is 40.2 Å². The highest BCUT2D eigenvalue weighted by molar-refractivity contribution is 6.10. The lowest BCUT2D eigenvalue weighted by Gasteiger charge is -2.16. The zero-order valence-corrected chi connectivity index (χ0v) is 16.0. The van der Waals surface area contributed by atoms with Gasteiger partial charge in [-0.1, -0.05) is 0 Å². The second kappa shape index (κ2) is 10.2. The van der Waals surface area contributed by atoms with Crippen molar-refractivity contribution in [1.82, 2.24) is 0 Å². The van der Waals surface area contributed by atoms with Crippen LogP contribution < -0.4 is 9.47 Å². The Morgan fingerprint density at radius 2 is 1.68 bits per heavy atom. The van der Waals surface area contributed by atoms with Gasteiger partial charge in [0, 0.05) is 18.2 Å². The Morgan fingerprint density at radius 1 is 1.04 bits per heavy atom. The molecule has 146 valence electrons. The zero-order chi connectivity index (χ0) is 20.5. The number of methoxy groups -OCH3 is 3. The van der Waals surface area contributed by atoms with Crippen LogP contribution in [-0.4, -0.2) is 33.3 Å². The van der Waals surface area contributed by atoms with E-state index in [1.807, 2.05) is 0 Å². The molecule has 0 N–H and O–H groups in total. The first-order valence-corrected chi connectivity index (χ1v) is 8.69. The van der Waals surface area contributed by atoms with E-state index in [1.54, 1.807) is 49.6 Å². The first-order valence-electron chi connectivity index (χ1n) is 8.69. The third-order valence-electron chi connectivity index (χ3n) is 4.48. The highest BCUT2D eigenvalue weighted by Crippen LogP contribution is 2.30. The SMILES string of the molecule is COc1ccc(C(=O)c2ccc(OC)cc2C(C#N)CCC(N=O)OC)cc1. The monoisotopic (exact) mass is 382 g/mol. The van der Waals surface area contributed by atoms with Crippen LogP contribution in [0, 0.1) is 16.2 Å². The largest absolute Gasteiger partial charge is 0.497 e. The van der Waals surface area contributed by atoms with Crippen molar-refractivity contribution in [2.45, 2.75) is 25.0 Å². The molecule has 7 nitrogen and oxygen atoms in total. The lowest BCUT2D eigenvalue weighted by atomic mass is 9.88. The third-order valence-corrected chi connectivity index (χ3v) is 4.48. The van der Waals surface area contributed by atoms with Gasteiger partial charge in [0.05, 0.1) is 26.2 Å². The molecule has 0 radical (unpaired) electrons. The number of carbonyl (C=O) groups excluding carboxylic acids is 1. The van der Waals surface area contributed by atoms with Crippen LogP contribution in [0.2, 0.25) is 0 Å². The van der Waals surface area contributed by atoms with Crippen molar-refractivity contribution in [2.75, 3.05) is 21.3 Å². The van der Waals surface area contributed by atoms with E-state index in [2.05, 4.69) is 11.2 Å². The summed E-state index contributed by atoms with van der Waals surface area (Å²) in [5, 5.41) is 12.6. The van der Waals surface area contributed by atoms with Gasteiger partial charge in [-0.25, -0.2) is 0 Å². The first kappa shape index (κ1) is 21.1. The lowest BCUT2D eigenvalue weighted by Crippen LogP contribution is -2.12. The van der Waals surface area contributed by atoms with Crippen LogP contribution in [-0.2, 0) is 4.74 Å². The average molecular weight is 382 g/mol. The highest BCUT2D eigenvalue weighted by atomic mass is 16.5. The predicted octanol–water partition coefficient (Wildman–Crippen LogP) is 4.06. The number of benzene rings is 2. The molecule has 0 aliphatic carbocycles. The molecule has 2 atom stereocenters. The normalized spacial score (nSPS) is 12.5. The van der Waals surface area contributed by atoms with Crippen LogP contribution in [0.5, 0.6) is 11.5 Å². The van der Waals surface area contributed by atoms with E-state index in [9.17, 15) is 15.0 Å². The third kappa shape index (κ3) is 4.93. The van der Waals surface area contributed by atoms with Gasteiger partial charge in [0.1, 0.15) is 11.5 Å². The van der Waals surface area contributed by atoms with E-state index in [1.165, 1.54) is 14.2 Å². The molecule has 28 heavy (non-hydrogen) atoms. The summed E-state index contributed by atoms with van der Waals surface area (Å²) < 4.78 is 15.3. The van der Waals surface area contributed by atoms with E-state index in [4.69, 9.17) is 14.2 Å². The number of ketones is 1. The average Bonchev–Trinajstić information content (AvgIpc) is 2.76. The first-order chi connectivity index (χ1) is 13.6. The van der Waals surface area contributed by atoms with Crippen molar-refractivity contribution in [3.8, 4) is 17.6 Å². The van der Waals surface area contributed by atoms with E-state index in [-0.39, 0.29) is 12.2 Å². The van der Waals surface area contributed by atoms with E-state index < -0.39 is 12.1 Å². The second-order valence-corrected chi connectivity index (χ2v) is 6.07. The summed E-state index contributed by atoms with van der Waals surface area (Å²) in [6.45, 7) is 0. The Morgan fingerprint density at radius 3 is 2.21 bits per heavy atom. The highest BCUT2D eigenvalue weighted by Gasteiger charge is 2.22. The van der Waals surface area contributed by atoms with E-state index >= 15 is 0 Å². The molecule has 0 saturated heterocycles. The van der Waals surface area contributed by atoms with Crippen LogP contribution >= 0.6 is 0 Å². The molecule has 0 aliphatic heterocycles. The van der Waals surface area contributed by atoms with Gasteiger partial charge in [-0.3, -0.25) is 4.79 Å². The number of nitriles is 1. The maximum atomic E-state index is 13.1. The predicted molar refractivity (Wildman–Crippen MR) is 104 cm³/mol. The number of nitroso groups, excluding NO2 is 1. The van der Waals surface area contributed by atoms with Gasteiger partial charge in [-0.2, -0.15) is 5.26 Å². The van der Waals surface area contributed by atoms with E-state index in [0.717, 1.165) is 0 Å². The van der Waals surface area contributed by atoms with Crippen LogP contribution in [0.25, 0.3) is 0 Å². The summed E-state index contributed by atoms with van der Waals surface area (Å²) in [7, 11) is 4.46. The van der Waals surface area contributed by atoms with Gasteiger partial charge < -0.3 is 14.2 Å². The van der Waals surface area contributed by atoms with Gasteiger partial charge in [0.25, 0.3) is 0 Å². The Bertz CT molecular complexity index is 858. The summed E-state index contributed by atoms with van der Waals surface area (Å²) in [4.78, 5) is 23.8. The molecule has 0 heterocycles. The van der Waals surface area contributed by atoms with Crippen molar-refractivity contribution in [2.24, 2.45) is 5.18 Å². The Labute approximate surface area is 163 Å². The van der Waals surface area contributed by atoms with Gasteiger partial charge in [-0.05, 0) is 66.0 Å². The lowest BCUT2D eigenvalue weighted by molar-refractivity contribution is 0.0988. The number of carbonyl (C=O) groups is 1. The molecule has 0 amide bonds. The molecule has 0 aliphatic rings. The molecular formula is C21H22N2O5. The van der Waals surface area contributed by atoms with Crippen molar-refractivity contribution in [3.63, 3.8) is 0 Å². The molecule has 2 rings (SSSR count). The topological polar surface area (TPSA) is 98.0 Å². The Kier molecular flexibility index (Phi) is 7.66. The summed E-state index contributed by atoms with van der Waals surface area (Å²) in [6, 6.07) is 14.0.